The van der Waals surface area contributed by atoms with Crippen LogP contribution in [-0.2, 0) is 11.3 Å². The minimum absolute atomic E-state index is 0.159. The predicted molar refractivity (Wildman–Crippen MR) is 63.9 cm³/mol. The lowest BCUT2D eigenvalue weighted by molar-refractivity contribution is -0.119. The van der Waals surface area contributed by atoms with Crippen molar-refractivity contribution in [3.63, 3.8) is 0 Å². The van der Waals surface area contributed by atoms with Crippen molar-refractivity contribution in [2.75, 3.05) is 11.4 Å². The van der Waals surface area contributed by atoms with Crippen LogP contribution in [0.3, 0.4) is 0 Å². The zero-order valence-electron chi connectivity index (χ0n) is 9.23. The minimum atomic E-state index is -0.240. The van der Waals surface area contributed by atoms with Gasteiger partial charge < -0.3 is 16.4 Å². The molecule has 1 aliphatic heterocycles. The fraction of sp³-hybridized carbons (Fsp3) is 0.417. The van der Waals surface area contributed by atoms with E-state index in [4.69, 9.17) is 11.5 Å². The fourth-order valence-corrected chi connectivity index (χ4v) is 2.23. The van der Waals surface area contributed by atoms with Crippen LogP contribution >= 0.6 is 0 Å². The third-order valence-electron chi connectivity index (χ3n) is 3.06. The zero-order chi connectivity index (χ0) is 11.5. The molecule has 4 N–H and O–H groups in total. The van der Waals surface area contributed by atoms with E-state index in [9.17, 15) is 4.79 Å². The average Bonchev–Trinajstić information content (AvgIpc) is 2.78. The van der Waals surface area contributed by atoms with Gasteiger partial charge >= 0.3 is 0 Å². The molecule has 0 bridgehead atoms. The molecule has 1 amide bonds. The van der Waals surface area contributed by atoms with Crippen LogP contribution in [0.1, 0.15) is 18.4 Å². The Bertz CT molecular complexity index is 392. The van der Waals surface area contributed by atoms with Crippen molar-refractivity contribution in [1.82, 2.24) is 0 Å². The van der Waals surface area contributed by atoms with Gasteiger partial charge in [0.15, 0.2) is 0 Å². The highest BCUT2D eigenvalue weighted by molar-refractivity contribution is 5.84. The smallest absolute Gasteiger partial charge is 0.240 e. The number of benzene rings is 1. The van der Waals surface area contributed by atoms with E-state index in [0.717, 1.165) is 30.6 Å². The summed E-state index contributed by atoms with van der Waals surface area (Å²) in [4.78, 5) is 13.4. The Morgan fingerprint density at radius 1 is 1.50 bits per heavy atom. The van der Waals surface area contributed by atoms with E-state index in [0.29, 0.717) is 6.54 Å². The first kappa shape index (κ1) is 11.0. The molecule has 1 aromatic rings. The Kier molecular flexibility index (Phi) is 3.10. The van der Waals surface area contributed by atoms with Gasteiger partial charge in [0, 0.05) is 18.8 Å². The highest BCUT2D eigenvalue weighted by atomic mass is 16.1. The molecule has 0 aliphatic carbocycles. The summed E-state index contributed by atoms with van der Waals surface area (Å²) in [7, 11) is 0. The summed E-state index contributed by atoms with van der Waals surface area (Å²) in [6.07, 6.45) is 1.86. The van der Waals surface area contributed by atoms with E-state index in [1.807, 2.05) is 24.3 Å². The molecule has 1 unspecified atom stereocenters. The lowest BCUT2D eigenvalue weighted by Gasteiger charge is -2.24. The van der Waals surface area contributed by atoms with Crippen molar-refractivity contribution in [3.05, 3.63) is 29.8 Å². The first-order valence-electron chi connectivity index (χ1n) is 5.57. The molecule has 0 aromatic heterocycles. The molecule has 1 atom stereocenters. The summed E-state index contributed by atoms with van der Waals surface area (Å²) in [6, 6.07) is 7.82. The maximum absolute atomic E-state index is 11.3. The van der Waals surface area contributed by atoms with Crippen LogP contribution in [0, 0.1) is 0 Å². The number of anilines is 1. The average molecular weight is 219 g/mol. The number of amides is 1. The second kappa shape index (κ2) is 4.53. The van der Waals surface area contributed by atoms with E-state index in [2.05, 4.69) is 4.90 Å². The van der Waals surface area contributed by atoms with Crippen LogP contribution in [0.25, 0.3) is 0 Å². The van der Waals surface area contributed by atoms with E-state index >= 15 is 0 Å². The first-order chi connectivity index (χ1) is 7.72. The Hall–Kier alpha value is -1.55. The number of nitrogens with two attached hydrogens (primary N) is 2. The zero-order valence-corrected chi connectivity index (χ0v) is 9.23. The lowest BCUT2D eigenvalue weighted by Crippen LogP contribution is -2.40. The third-order valence-corrected chi connectivity index (χ3v) is 3.06. The number of hydrogen-bond acceptors (Lipinski definition) is 3. The molecule has 0 radical (unpaired) electrons. The molecule has 1 saturated heterocycles. The quantitative estimate of drug-likeness (QED) is 0.782. The Labute approximate surface area is 95.2 Å². The van der Waals surface area contributed by atoms with E-state index in [-0.39, 0.29) is 11.9 Å². The molecular weight excluding hydrogens is 202 g/mol. The van der Waals surface area contributed by atoms with Crippen molar-refractivity contribution in [3.8, 4) is 0 Å². The summed E-state index contributed by atoms with van der Waals surface area (Å²) < 4.78 is 0. The lowest BCUT2D eigenvalue weighted by atomic mass is 10.1. The topological polar surface area (TPSA) is 72.3 Å². The van der Waals surface area contributed by atoms with Gasteiger partial charge in [-0.3, -0.25) is 4.79 Å². The molecule has 86 valence electrons. The maximum atomic E-state index is 11.3. The molecule has 4 heteroatoms. The summed E-state index contributed by atoms with van der Waals surface area (Å²) in [5, 5.41) is 0. The van der Waals surface area contributed by atoms with Crippen LogP contribution in [0.2, 0.25) is 0 Å². The second-order valence-corrected chi connectivity index (χ2v) is 4.13. The van der Waals surface area contributed by atoms with Crippen molar-refractivity contribution < 1.29 is 4.79 Å². The molecule has 0 saturated carbocycles. The largest absolute Gasteiger partial charge is 0.368 e. The standard InChI is InChI=1S/C12H17N3O/c13-8-9-3-1-4-10(7-9)15-6-2-5-11(15)12(14)16/h1,3-4,7,11H,2,5-6,8,13H2,(H2,14,16). The minimum Gasteiger partial charge on any atom is -0.368 e. The van der Waals surface area contributed by atoms with Gasteiger partial charge in [-0.1, -0.05) is 12.1 Å². The molecule has 16 heavy (non-hydrogen) atoms. The third kappa shape index (κ3) is 2.02. The van der Waals surface area contributed by atoms with Gasteiger partial charge in [0.05, 0.1) is 0 Å². The maximum Gasteiger partial charge on any atom is 0.240 e. The van der Waals surface area contributed by atoms with Gasteiger partial charge in [0.1, 0.15) is 6.04 Å². The normalized spacial score (nSPS) is 20.1. The van der Waals surface area contributed by atoms with Crippen LogP contribution in [0.4, 0.5) is 5.69 Å². The molecule has 1 aromatic carbocycles. The van der Waals surface area contributed by atoms with Crippen LogP contribution in [0.5, 0.6) is 0 Å². The summed E-state index contributed by atoms with van der Waals surface area (Å²) in [5.41, 5.74) is 13.1. The van der Waals surface area contributed by atoms with Gasteiger partial charge in [0.25, 0.3) is 0 Å². The number of rotatable bonds is 3. The van der Waals surface area contributed by atoms with Crippen LogP contribution in [0.15, 0.2) is 24.3 Å². The van der Waals surface area contributed by atoms with Crippen molar-refractivity contribution in [2.45, 2.75) is 25.4 Å². The molecule has 2 rings (SSSR count). The number of primary amides is 1. The van der Waals surface area contributed by atoms with Crippen LogP contribution < -0.4 is 16.4 Å². The van der Waals surface area contributed by atoms with Crippen molar-refractivity contribution in [2.24, 2.45) is 11.5 Å². The van der Waals surface area contributed by atoms with E-state index in [1.165, 1.54) is 0 Å². The van der Waals surface area contributed by atoms with E-state index in [1.54, 1.807) is 0 Å². The van der Waals surface area contributed by atoms with Gasteiger partial charge in [-0.2, -0.15) is 0 Å². The predicted octanol–water partition coefficient (Wildman–Crippen LogP) is 0.599. The molecule has 1 fully saturated rings. The van der Waals surface area contributed by atoms with Gasteiger partial charge in [0.2, 0.25) is 5.91 Å². The van der Waals surface area contributed by atoms with Gasteiger partial charge in [-0.15, -0.1) is 0 Å². The number of nitrogens with zero attached hydrogens (tertiary/aromatic N) is 1. The van der Waals surface area contributed by atoms with Gasteiger partial charge in [-0.05, 0) is 30.5 Å². The second-order valence-electron chi connectivity index (χ2n) is 4.13. The Balaban J connectivity index is 2.25. The monoisotopic (exact) mass is 219 g/mol. The summed E-state index contributed by atoms with van der Waals surface area (Å²) >= 11 is 0. The Morgan fingerprint density at radius 2 is 2.31 bits per heavy atom. The van der Waals surface area contributed by atoms with Crippen molar-refractivity contribution in [1.29, 1.82) is 0 Å². The summed E-state index contributed by atoms with van der Waals surface area (Å²) in [5.74, 6) is -0.240. The van der Waals surface area contributed by atoms with Gasteiger partial charge in [-0.25, -0.2) is 0 Å². The number of carbonyl (C=O) groups excluding carboxylic acids is 1. The molecule has 0 spiro atoms. The molecule has 1 aliphatic rings. The first-order valence-corrected chi connectivity index (χ1v) is 5.57. The van der Waals surface area contributed by atoms with Crippen LogP contribution in [-0.4, -0.2) is 18.5 Å². The molecule has 4 nitrogen and oxygen atoms in total. The van der Waals surface area contributed by atoms with E-state index < -0.39 is 0 Å². The highest BCUT2D eigenvalue weighted by Crippen LogP contribution is 2.25. The SMILES string of the molecule is NCc1cccc(N2CCCC2C(N)=O)c1. The Morgan fingerprint density at radius 3 is 3.00 bits per heavy atom. The number of carbonyl (C=O) groups is 1. The molecular formula is C12H17N3O. The molecule has 1 heterocycles. The highest BCUT2D eigenvalue weighted by Gasteiger charge is 2.28. The number of hydrogen-bond donors (Lipinski definition) is 2. The summed E-state index contributed by atoms with van der Waals surface area (Å²) in [6.45, 7) is 1.41. The fourth-order valence-electron chi connectivity index (χ4n) is 2.23. The van der Waals surface area contributed by atoms with Crippen molar-refractivity contribution >= 4 is 11.6 Å².